The topological polar surface area (TPSA) is 101 Å². The van der Waals surface area contributed by atoms with Crippen LogP contribution in [0.1, 0.15) is 23.3 Å². The summed E-state index contributed by atoms with van der Waals surface area (Å²) in [5.41, 5.74) is 0.182. The third-order valence-electron chi connectivity index (χ3n) is 3.94. The molecule has 2 heterocycles. The van der Waals surface area contributed by atoms with Crippen molar-refractivity contribution in [1.29, 1.82) is 0 Å². The molecule has 1 fully saturated rings. The maximum absolute atomic E-state index is 12.4. The number of aromatic carboxylic acids is 1. The highest BCUT2D eigenvalue weighted by molar-refractivity contribution is 6.33. The number of aromatic amines is 1. The average Bonchev–Trinajstić information content (AvgIpc) is 3.05. The van der Waals surface area contributed by atoms with Crippen molar-refractivity contribution in [2.75, 3.05) is 18.0 Å². The second kappa shape index (κ2) is 7.51. The standard InChI is InChI=1S/C15H14ClF3N4O4/c16-10-2-1-9(27-15(17,18)19)7-11(10)23-5-3-8(4-6-23)26-13-12(14(24)25)20-22-21-13/h1-2,7-8H,3-6H2,(H,24,25)(H,20,21,22). The van der Waals surface area contributed by atoms with Gasteiger partial charge in [-0.05, 0) is 12.1 Å². The number of nitrogens with zero attached hydrogens (tertiary/aromatic N) is 3. The van der Waals surface area contributed by atoms with Gasteiger partial charge in [0.1, 0.15) is 11.9 Å². The molecule has 0 spiro atoms. The van der Waals surface area contributed by atoms with Crippen molar-refractivity contribution >= 4 is 23.3 Å². The Labute approximate surface area is 155 Å². The molecule has 146 valence electrons. The number of H-pyrrole nitrogens is 1. The number of carboxylic acid groups (broad SMARTS) is 1. The molecule has 0 saturated carbocycles. The second-order valence-corrected chi connectivity index (χ2v) is 6.17. The molecule has 1 aliphatic rings. The number of hydrogen-bond acceptors (Lipinski definition) is 6. The number of alkyl halides is 3. The van der Waals surface area contributed by atoms with Crippen molar-refractivity contribution in [3.63, 3.8) is 0 Å². The van der Waals surface area contributed by atoms with Crippen molar-refractivity contribution in [3.8, 4) is 11.6 Å². The smallest absolute Gasteiger partial charge is 0.476 e. The Kier molecular flexibility index (Phi) is 5.31. The number of rotatable bonds is 5. The predicted octanol–water partition coefficient (Wildman–Crippen LogP) is 3.10. The Morgan fingerprint density at radius 3 is 2.67 bits per heavy atom. The van der Waals surface area contributed by atoms with Gasteiger partial charge in [-0.3, -0.25) is 0 Å². The van der Waals surface area contributed by atoms with Crippen LogP contribution in [-0.2, 0) is 0 Å². The maximum Gasteiger partial charge on any atom is 0.573 e. The Morgan fingerprint density at radius 2 is 2.04 bits per heavy atom. The predicted molar refractivity (Wildman–Crippen MR) is 87.3 cm³/mol. The number of anilines is 1. The third-order valence-corrected chi connectivity index (χ3v) is 4.26. The van der Waals surface area contributed by atoms with E-state index in [1.807, 2.05) is 4.90 Å². The molecule has 2 aromatic rings. The lowest BCUT2D eigenvalue weighted by Gasteiger charge is -2.34. The number of carboxylic acids is 1. The number of hydrogen-bond donors (Lipinski definition) is 2. The third kappa shape index (κ3) is 4.73. The molecule has 2 N–H and O–H groups in total. The first-order valence-corrected chi connectivity index (χ1v) is 8.22. The van der Waals surface area contributed by atoms with Gasteiger partial charge in [0, 0.05) is 32.0 Å². The lowest BCUT2D eigenvalue weighted by Crippen LogP contribution is -2.38. The molecular formula is C15H14ClF3N4O4. The highest BCUT2D eigenvalue weighted by Gasteiger charge is 2.32. The number of piperidine rings is 1. The van der Waals surface area contributed by atoms with E-state index >= 15 is 0 Å². The van der Waals surface area contributed by atoms with Crippen LogP contribution in [0.3, 0.4) is 0 Å². The Morgan fingerprint density at radius 1 is 1.33 bits per heavy atom. The zero-order valence-electron chi connectivity index (χ0n) is 13.7. The van der Waals surface area contributed by atoms with Gasteiger partial charge in [0.2, 0.25) is 5.69 Å². The maximum atomic E-state index is 12.4. The largest absolute Gasteiger partial charge is 0.573 e. The Bertz CT molecular complexity index is 822. The van der Waals surface area contributed by atoms with E-state index in [2.05, 4.69) is 20.1 Å². The number of nitrogens with one attached hydrogen (secondary N) is 1. The molecule has 12 heteroatoms. The van der Waals surface area contributed by atoms with Crippen LogP contribution in [0, 0.1) is 0 Å². The minimum atomic E-state index is -4.79. The first kappa shape index (κ1) is 19.1. The van der Waals surface area contributed by atoms with Gasteiger partial charge in [-0.1, -0.05) is 21.9 Å². The SMILES string of the molecule is O=C(O)c1[nH]nnc1OC1CCN(c2cc(OC(F)(F)F)ccc2Cl)CC1. The van der Waals surface area contributed by atoms with Gasteiger partial charge >= 0.3 is 12.3 Å². The lowest BCUT2D eigenvalue weighted by atomic mass is 10.1. The van der Waals surface area contributed by atoms with Crippen LogP contribution >= 0.6 is 11.6 Å². The molecular weight excluding hydrogens is 393 g/mol. The van der Waals surface area contributed by atoms with Crippen LogP contribution < -0.4 is 14.4 Å². The molecule has 3 rings (SSSR count). The first-order chi connectivity index (χ1) is 12.7. The van der Waals surface area contributed by atoms with Crippen molar-refractivity contribution in [1.82, 2.24) is 15.4 Å². The summed E-state index contributed by atoms with van der Waals surface area (Å²) in [6.45, 7) is 0.889. The van der Waals surface area contributed by atoms with E-state index in [0.29, 0.717) is 36.6 Å². The fourth-order valence-electron chi connectivity index (χ4n) is 2.74. The Hall–Kier alpha value is -2.69. The van der Waals surface area contributed by atoms with Crippen LogP contribution in [-0.4, -0.2) is 52.0 Å². The van der Waals surface area contributed by atoms with E-state index in [1.54, 1.807) is 0 Å². The van der Waals surface area contributed by atoms with Gasteiger partial charge in [-0.15, -0.1) is 13.2 Å². The minimum Gasteiger partial charge on any atom is -0.476 e. The molecule has 0 bridgehead atoms. The molecule has 0 unspecified atom stereocenters. The van der Waals surface area contributed by atoms with Crippen LogP contribution in [0.25, 0.3) is 0 Å². The van der Waals surface area contributed by atoms with Crippen molar-refractivity contribution in [2.24, 2.45) is 0 Å². The van der Waals surface area contributed by atoms with Gasteiger partial charge in [0.25, 0.3) is 5.88 Å². The fraction of sp³-hybridized carbons (Fsp3) is 0.400. The zero-order chi connectivity index (χ0) is 19.6. The highest BCUT2D eigenvalue weighted by atomic mass is 35.5. The second-order valence-electron chi connectivity index (χ2n) is 5.76. The Balaban J connectivity index is 1.64. The molecule has 0 atom stereocenters. The van der Waals surface area contributed by atoms with Gasteiger partial charge < -0.3 is 19.5 Å². The summed E-state index contributed by atoms with van der Waals surface area (Å²) in [7, 11) is 0. The van der Waals surface area contributed by atoms with E-state index in [4.69, 9.17) is 21.4 Å². The lowest BCUT2D eigenvalue weighted by molar-refractivity contribution is -0.274. The molecule has 1 saturated heterocycles. The molecule has 1 aromatic heterocycles. The van der Waals surface area contributed by atoms with Crippen LogP contribution in [0.15, 0.2) is 18.2 Å². The number of benzene rings is 1. The molecule has 0 radical (unpaired) electrons. The van der Waals surface area contributed by atoms with Crippen LogP contribution in [0.4, 0.5) is 18.9 Å². The quantitative estimate of drug-likeness (QED) is 0.786. The van der Waals surface area contributed by atoms with E-state index in [1.165, 1.54) is 12.1 Å². The molecule has 1 aromatic carbocycles. The van der Waals surface area contributed by atoms with Gasteiger partial charge in [-0.25, -0.2) is 9.89 Å². The zero-order valence-corrected chi connectivity index (χ0v) is 14.4. The van der Waals surface area contributed by atoms with Gasteiger partial charge in [0.15, 0.2) is 0 Å². The average molecular weight is 407 g/mol. The summed E-state index contributed by atoms with van der Waals surface area (Å²) in [6.07, 6.45) is -4.11. The molecule has 8 nitrogen and oxygen atoms in total. The normalized spacial score (nSPS) is 15.6. The fourth-order valence-corrected chi connectivity index (χ4v) is 2.98. The van der Waals surface area contributed by atoms with Crippen molar-refractivity contribution in [2.45, 2.75) is 25.3 Å². The van der Waals surface area contributed by atoms with E-state index in [0.717, 1.165) is 6.07 Å². The summed E-state index contributed by atoms with van der Waals surface area (Å²) >= 11 is 6.11. The summed E-state index contributed by atoms with van der Waals surface area (Å²) in [6, 6.07) is 3.72. The number of ether oxygens (including phenoxy) is 2. The number of carbonyl (C=O) groups is 1. The van der Waals surface area contributed by atoms with E-state index in [9.17, 15) is 18.0 Å². The highest BCUT2D eigenvalue weighted by Crippen LogP contribution is 2.34. The molecule has 0 amide bonds. The summed E-state index contributed by atoms with van der Waals surface area (Å²) in [5.74, 6) is -1.69. The van der Waals surface area contributed by atoms with E-state index in [-0.39, 0.29) is 23.4 Å². The van der Waals surface area contributed by atoms with Gasteiger partial charge in [-0.2, -0.15) is 0 Å². The van der Waals surface area contributed by atoms with Crippen LogP contribution in [0.2, 0.25) is 5.02 Å². The first-order valence-electron chi connectivity index (χ1n) is 7.84. The van der Waals surface area contributed by atoms with Crippen molar-refractivity contribution in [3.05, 3.63) is 28.9 Å². The van der Waals surface area contributed by atoms with Crippen LogP contribution in [0.5, 0.6) is 11.6 Å². The van der Waals surface area contributed by atoms with E-state index < -0.39 is 12.3 Å². The minimum absolute atomic E-state index is 0.0976. The summed E-state index contributed by atoms with van der Waals surface area (Å²) in [4.78, 5) is 12.8. The summed E-state index contributed by atoms with van der Waals surface area (Å²) < 4.78 is 46.7. The van der Waals surface area contributed by atoms with Crippen molar-refractivity contribution < 1.29 is 32.5 Å². The molecule has 0 aliphatic carbocycles. The summed E-state index contributed by atoms with van der Waals surface area (Å²) in [5, 5.41) is 18.6. The van der Waals surface area contributed by atoms with Gasteiger partial charge in [0.05, 0.1) is 10.7 Å². The number of halogens is 4. The number of aromatic nitrogens is 3. The molecule has 1 aliphatic heterocycles. The monoisotopic (exact) mass is 406 g/mol. The molecule has 27 heavy (non-hydrogen) atoms.